The Hall–Kier alpha value is -1.31. The van der Waals surface area contributed by atoms with E-state index in [2.05, 4.69) is 5.11 Å². The Balaban J connectivity index is 2.85. The second-order valence-electron chi connectivity index (χ2n) is 2.69. The summed E-state index contributed by atoms with van der Waals surface area (Å²) in [6, 6.07) is 9.36. The van der Waals surface area contributed by atoms with Gasteiger partial charge in [0.15, 0.2) is 0 Å². The van der Waals surface area contributed by atoms with Crippen LogP contribution in [0.2, 0.25) is 0 Å². The smallest absolute Gasteiger partial charge is 0.310 e. The van der Waals surface area contributed by atoms with Crippen molar-refractivity contribution in [1.29, 1.82) is 1.43 Å². The number of rotatable bonds is 3. The summed E-state index contributed by atoms with van der Waals surface area (Å²) >= 11 is 0. The van der Waals surface area contributed by atoms with Gasteiger partial charge in [0.05, 0.1) is 5.92 Å². The summed E-state index contributed by atoms with van der Waals surface area (Å²) in [6.07, 6.45) is 0.654. The Morgan fingerprint density at radius 1 is 1.58 bits per heavy atom. The maximum Gasteiger partial charge on any atom is 0.310 e. The fraction of sp³-hybridized carbons (Fsp3) is 0.300. The zero-order valence-electron chi connectivity index (χ0n) is 7.99. The Kier molecular flexibility index (Phi) is 2.39. The van der Waals surface area contributed by atoms with Gasteiger partial charge in [-0.15, -0.1) is 0 Å². The molecule has 1 rings (SSSR count). The first-order chi connectivity index (χ1) is 6.29. The summed E-state index contributed by atoms with van der Waals surface area (Å²) in [7, 11) is 0. The summed E-state index contributed by atoms with van der Waals surface area (Å²) in [5.74, 6) is -0.799. The van der Waals surface area contributed by atoms with Crippen molar-refractivity contribution in [1.82, 2.24) is 0 Å². The van der Waals surface area contributed by atoms with Gasteiger partial charge in [-0.05, 0) is 12.0 Å². The summed E-state index contributed by atoms with van der Waals surface area (Å²) < 4.78 is 6.54. The van der Waals surface area contributed by atoms with Crippen LogP contribution < -0.4 is 0 Å². The van der Waals surface area contributed by atoms with Crippen LogP contribution in [0.25, 0.3) is 1.43 Å². The van der Waals surface area contributed by atoms with Crippen LogP contribution in [0.15, 0.2) is 30.3 Å². The molecule has 1 aromatic rings. The number of carboxylic acid groups (broad SMARTS) is 1. The number of benzene rings is 1. The third kappa shape index (κ3) is 1.84. The molecular weight excluding hydrogens is 152 g/mol. The van der Waals surface area contributed by atoms with Crippen molar-refractivity contribution in [3.05, 3.63) is 35.9 Å². The van der Waals surface area contributed by atoms with Crippen LogP contribution in [0, 0.1) is 0 Å². The van der Waals surface area contributed by atoms with Crippen molar-refractivity contribution >= 4 is 5.97 Å². The average molecular weight is 165 g/mol. The lowest BCUT2D eigenvalue weighted by Gasteiger charge is -2.08. The lowest BCUT2D eigenvalue weighted by molar-refractivity contribution is -0.138. The van der Waals surface area contributed by atoms with E-state index in [4.69, 9.17) is 1.43 Å². The lowest BCUT2D eigenvalue weighted by Crippen LogP contribution is -2.09. The molecule has 0 saturated carbocycles. The van der Waals surface area contributed by atoms with Gasteiger partial charge < -0.3 is 5.11 Å². The molecule has 0 aliphatic carbocycles. The fourth-order valence-electron chi connectivity index (χ4n) is 1.22. The predicted molar refractivity (Wildman–Crippen MR) is 47.1 cm³/mol. The first-order valence-electron chi connectivity index (χ1n) is 4.42. The molecule has 1 N–H and O–H groups in total. The van der Waals surface area contributed by atoms with E-state index in [1.54, 1.807) is 0 Å². The number of carbonyl (C=O) groups is 1. The van der Waals surface area contributed by atoms with Crippen molar-refractivity contribution in [2.75, 3.05) is 0 Å². The maximum atomic E-state index is 11.1. The van der Waals surface area contributed by atoms with Crippen LogP contribution in [-0.2, 0) is 4.79 Å². The topological polar surface area (TPSA) is 37.3 Å². The molecule has 0 aliphatic heterocycles. The van der Waals surface area contributed by atoms with E-state index in [1.165, 1.54) is 0 Å². The third-order valence-corrected chi connectivity index (χ3v) is 1.89. The van der Waals surface area contributed by atoms with Gasteiger partial charge in [-0.1, -0.05) is 37.3 Å². The molecule has 0 aromatic heterocycles. The molecule has 1 unspecified atom stereocenters. The number of hydrogen-bond acceptors (Lipinski definition) is 2. The van der Waals surface area contributed by atoms with Crippen LogP contribution in [0.1, 0.15) is 24.8 Å². The quantitative estimate of drug-likeness (QED) is 0.745. The molecular formula is C10H12O2. The van der Waals surface area contributed by atoms with E-state index in [9.17, 15) is 4.79 Å². The Morgan fingerprint density at radius 3 is 2.75 bits per heavy atom. The highest BCUT2D eigenvalue weighted by Gasteiger charge is 2.16. The normalized spacial score (nSPS) is 13.2. The van der Waals surface area contributed by atoms with E-state index < -0.39 is 5.97 Å². The van der Waals surface area contributed by atoms with Crippen LogP contribution >= 0.6 is 0 Å². The Bertz CT molecular complexity index is 272. The molecule has 1 aromatic carbocycles. The molecule has 2 nitrogen and oxygen atoms in total. The molecule has 0 aliphatic rings. The van der Waals surface area contributed by atoms with E-state index >= 15 is 0 Å². The van der Waals surface area contributed by atoms with E-state index in [1.807, 2.05) is 37.3 Å². The van der Waals surface area contributed by atoms with Crippen LogP contribution in [-0.4, -0.2) is 11.1 Å². The minimum atomic E-state index is -0.492. The zero-order chi connectivity index (χ0) is 9.68. The lowest BCUT2D eigenvalue weighted by atomic mass is 9.97. The summed E-state index contributed by atoms with van der Waals surface area (Å²) in [5.41, 5.74) is 0.905. The van der Waals surface area contributed by atoms with Gasteiger partial charge in [-0.3, -0.25) is 4.79 Å². The van der Waals surface area contributed by atoms with Crippen LogP contribution in [0.4, 0.5) is 0 Å². The van der Waals surface area contributed by atoms with Gasteiger partial charge in [0.25, 0.3) is 1.43 Å². The van der Waals surface area contributed by atoms with Crippen molar-refractivity contribution in [3.8, 4) is 0 Å². The highest BCUT2D eigenvalue weighted by molar-refractivity contribution is 5.75. The highest BCUT2D eigenvalue weighted by atomic mass is 16.4. The average Bonchev–Trinajstić information content (AvgIpc) is 2.20. The standard InChI is InChI=1S/C10H12O2/c1-2-9(10(11)12)8-6-4-3-5-7-8/h3-7,9H,2H2,1H3,(H,11,12)/i/hD. The molecule has 0 saturated heterocycles. The second kappa shape index (κ2) is 3.90. The Labute approximate surface area is 73.3 Å². The molecule has 0 spiro atoms. The molecule has 0 radical (unpaired) electrons. The Morgan fingerprint density at radius 2 is 2.25 bits per heavy atom. The van der Waals surface area contributed by atoms with Crippen LogP contribution in [0.3, 0.4) is 0 Å². The first kappa shape index (κ1) is 7.35. The second-order valence-corrected chi connectivity index (χ2v) is 2.69. The van der Waals surface area contributed by atoms with Crippen molar-refractivity contribution in [2.45, 2.75) is 19.3 Å². The third-order valence-electron chi connectivity index (χ3n) is 1.89. The largest absolute Gasteiger partial charge is 0.481 e. The molecule has 64 valence electrons. The van der Waals surface area contributed by atoms with Gasteiger partial charge in [0.2, 0.25) is 0 Å². The minimum Gasteiger partial charge on any atom is -0.481 e. The fourth-order valence-corrected chi connectivity index (χ4v) is 1.22. The number of aliphatic carboxylic acids is 1. The van der Waals surface area contributed by atoms with E-state index in [0.717, 1.165) is 5.56 Å². The number of hydrogen-bond donors (Lipinski definition) is 1. The van der Waals surface area contributed by atoms with E-state index in [-0.39, 0.29) is 5.92 Å². The van der Waals surface area contributed by atoms with Gasteiger partial charge in [0, 0.05) is 0 Å². The van der Waals surface area contributed by atoms with Gasteiger partial charge in [0.1, 0.15) is 0 Å². The predicted octanol–water partition coefficient (Wildman–Crippen LogP) is 2.26. The van der Waals surface area contributed by atoms with Gasteiger partial charge in [-0.2, -0.15) is 0 Å². The molecule has 0 heterocycles. The molecule has 0 fully saturated rings. The van der Waals surface area contributed by atoms with Crippen molar-refractivity contribution in [2.24, 2.45) is 0 Å². The first-order valence-corrected chi connectivity index (χ1v) is 4.01. The van der Waals surface area contributed by atoms with E-state index in [0.29, 0.717) is 6.42 Å². The number of carboxylic acids is 1. The molecule has 1 atom stereocenters. The van der Waals surface area contributed by atoms with Gasteiger partial charge >= 0.3 is 5.97 Å². The molecule has 2 heteroatoms. The maximum absolute atomic E-state index is 11.1. The molecule has 12 heavy (non-hydrogen) atoms. The van der Waals surface area contributed by atoms with Crippen LogP contribution in [0.5, 0.6) is 0 Å². The minimum absolute atomic E-state index is 0.307. The van der Waals surface area contributed by atoms with Crippen molar-refractivity contribution < 1.29 is 9.90 Å². The van der Waals surface area contributed by atoms with Crippen molar-refractivity contribution in [3.63, 3.8) is 0 Å². The van der Waals surface area contributed by atoms with Gasteiger partial charge in [-0.25, -0.2) is 0 Å². The molecule has 0 amide bonds. The highest BCUT2D eigenvalue weighted by Crippen LogP contribution is 2.18. The summed E-state index contributed by atoms with van der Waals surface area (Å²) in [4.78, 5) is 11.1. The SMILES string of the molecule is [2H]OC(=O)C(CC)c1ccccc1. The zero-order valence-corrected chi connectivity index (χ0v) is 6.99. The molecule has 0 bridgehead atoms. The monoisotopic (exact) mass is 165 g/mol. The summed E-state index contributed by atoms with van der Waals surface area (Å²) in [6.45, 7) is 1.90. The summed E-state index contributed by atoms with van der Waals surface area (Å²) in [5, 5.41) is 3.97.